The first kappa shape index (κ1) is 21.5. The zero-order chi connectivity index (χ0) is 17.4. The molecule has 1 amide bonds. The minimum absolute atomic E-state index is 0. The quantitative estimate of drug-likeness (QED) is 0.796. The van der Waals surface area contributed by atoms with Crippen molar-refractivity contribution in [2.24, 2.45) is 20.0 Å². The van der Waals surface area contributed by atoms with Crippen molar-refractivity contribution in [3.8, 4) is 0 Å². The molecule has 150 valence electrons. The zero-order valence-corrected chi connectivity index (χ0v) is 17.2. The summed E-state index contributed by atoms with van der Waals surface area (Å²) in [6.07, 6.45) is 7.82. The third-order valence-electron chi connectivity index (χ3n) is 5.33. The van der Waals surface area contributed by atoms with Crippen LogP contribution in [0.1, 0.15) is 11.5 Å². The highest BCUT2D eigenvalue weighted by atomic mass is 35.5. The molecule has 0 radical (unpaired) electrons. The number of rotatable bonds is 3. The number of hydrogen-bond donors (Lipinski definition) is 1. The van der Waals surface area contributed by atoms with E-state index in [0.717, 1.165) is 50.5 Å². The molecule has 0 saturated carbocycles. The number of aromatic nitrogens is 4. The normalized spacial score (nSPS) is 22.3. The summed E-state index contributed by atoms with van der Waals surface area (Å²) >= 11 is 0. The molecular weight excluding hydrogens is 389 g/mol. The summed E-state index contributed by atoms with van der Waals surface area (Å²) in [5.41, 5.74) is 2.28. The molecule has 4 heterocycles. The molecule has 1 N–H and O–H groups in total. The van der Waals surface area contributed by atoms with E-state index >= 15 is 0 Å². The van der Waals surface area contributed by atoms with Crippen molar-refractivity contribution in [3.63, 3.8) is 0 Å². The van der Waals surface area contributed by atoms with Crippen molar-refractivity contribution in [2.45, 2.75) is 5.92 Å². The minimum atomic E-state index is 0. The van der Waals surface area contributed by atoms with Gasteiger partial charge in [-0.1, -0.05) is 0 Å². The van der Waals surface area contributed by atoms with Crippen LogP contribution in [0.3, 0.4) is 0 Å². The maximum absolute atomic E-state index is 13.1. The third-order valence-corrected chi connectivity index (χ3v) is 5.33. The fourth-order valence-electron chi connectivity index (χ4n) is 3.91. The van der Waals surface area contributed by atoms with Crippen molar-refractivity contribution in [1.29, 1.82) is 0 Å². The van der Waals surface area contributed by atoms with Gasteiger partial charge in [-0.15, -0.1) is 24.8 Å². The SMILES string of the molecule is Cl.Cl.Cn1cc([C@H]2CNC[C@@H]2C(=O)N2CCN(c3cnn(C)c3)CC2)cn1. The van der Waals surface area contributed by atoms with Gasteiger partial charge in [-0.25, -0.2) is 0 Å². The van der Waals surface area contributed by atoms with Gasteiger partial charge in [-0.3, -0.25) is 14.2 Å². The average Bonchev–Trinajstić information content (AvgIpc) is 3.34. The molecule has 2 aromatic heterocycles. The van der Waals surface area contributed by atoms with Crippen molar-refractivity contribution in [1.82, 2.24) is 29.8 Å². The number of nitrogens with zero attached hydrogens (tertiary/aromatic N) is 6. The van der Waals surface area contributed by atoms with Crippen LogP contribution in [0.4, 0.5) is 5.69 Å². The van der Waals surface area contributed by atoms with E-state index in [1.54, 1.807) is 0 Å². The maximum Gasteiger partial charge on any atom is 0.227 e. The lowest BCUT2D eigenvalue weighted by molar-refractivity contribution is -0.135. The van der Waals surface area contributed by atoms with Crippen LogP contribution in [0.15, 0.2) is 24.8 Å². The lowest BCUT2D eigenvalue weighted by Gasteiger charge is -2.37. The Labute approximate surface area is 171 Å². The second kappa shape index (κ2) is 8.95. The van der Waals surface area contributed by atoms with Gasteiger partial charge in [0, 0.05) is 71.7 Å². The second-order valence-corrected chi connectivity index (χ2v) is 7.00. The Morgan fingerprint density at radius 1 is 1.00 bits per heavy atom. The largest absolute Gasteiger partial charge is 0.365 e. The summed E-state index contributed by atoms with van der Waals surface area (Å²) in [4.78, 5) is 17.4. The van der Waals surface area contributed by atoms with Crippen molar-refractivity contribution in [2.75, 3.05) is 44.2 Å². The lowest BCUT2D eigenvalue weighted by Crippen LogP contribution is -2.51. The van der Waals surface area contributed by atoms with E-state index in [-0.39, 0.29) is 42.6 Å². The molecule has 0 spiro atoms. The number of aryl methyl sites for hydroxylation is 2. The summed E-state index contributed by atoms with van der Waals surface area (Å²) in [5, 5.41) is 11.9. The summed E-state index contributed by atoms with van der Waals surface area (Å²) in [6, 6.07) is 0. The van der Waals surface area contributed by atoms with Crippen LogP contribution in [0.2, 0.25) is 0 Å². The molecule has 2 atom stereocenters. The predicted octanol–water partition coefficient (Wildman–Crippen LogP) is 0.649. The number of piperazine rings is 1. The molecule has 8 nitrogen and oxygen atoms in total. The highest BCUT2D eigenvalue weighted by Crippen LogP contribution is 2.29. The second-order valence-electron chi connectivity index (χ2n) is 7.00. The van der Waals surface area contributed by atoms with Gasteiger partial charge in [0.05, 0.1) is 24.0 Å². The lowest BCUT2D eigenvalue weighted by atomic mass is 9.89. The van der Waals surface area contributed by atoms with Gasteiger partial charge in [0.2, 0.25) is 5.91 Å². The number of halogens is 2. The Morgan fingerprint density at radius 3 is 2.26 bits per heavy atom. The molecule has 0 aromatic carbocycles. The van der Waals surface area contributed by atoms with Gasteiger partial charge in [0.1, 0.15) is 0 Å². The molecular formula is C17H27Cl2N7O. The Morgan fingerprint density at radius 2 is 1.67 bits per heavy atom. The van der Waals surface area contributed by atoms with Crippen molar-refractivity contribution in [3.05, 3.63) is 30.4 Å². The number of nitrogens with one attached hydrogen (secondary N) is 1. The molecule has 2 aliphatic rings. The van der Waals surface area contributed by atoms with E-state index in [1.807, 2.05) is 53.1 Å². The minimum Gasteiger partial charge on any atom is -0.365 e. The number of hydrogen-bond acceptors (Lipinski definition) is 5. The molecule has 0 aliphatic carbocycles. The first-order valence-electron chi connectivity index (χ1n) is 8.83. The fourth-order valence-corrected chi connectivity index (χ4v) is 3.91. The fraction of sp³-hybridized carbons (Fsp3) is 0.588. The number of amides is 1. The van der Waals surface area contributed by atoms with E-state index in [2.05, 4.69) is 20.4 Å². The Hall–Kier alpha value is -1.77. The van der Waals surface area contributed by atoms with Crippen LogP contribution in [-0.4, -0.2) is 69.6 Å². The molecule has 2 saturated heterocycles. The van der Waals surface area contributed by atoms with Crippen LogP contribution in [-0.2, 0) is 18.9 Å². The summed E-state index contributed by atoms with van der Waals surface area (Å²) in [5.74, 6) is 0.497. The van der Waals surface area contributed by atoms with Gasteiger partial charge in [0.25, 0.3) is 0 Å². The Kier molecular flexibility index (Phi) is 7.13. The highest BCUT2D eigenvalue weighted by Gasteiger charge is 2.37. The predicted molar refractivity (Wildman–Crippen MR) is 109 cm³/mol. The molecule has 2 aliphatic heterocycles. The number of carbonyl (C=O) groups is 1. The maximum atomic E-state index is 13.1. The molecule has 2 aromatic rings. The van der Waals surface area contributed by atoms with Gasteiger partial charge in [0.15, 0.2) is 0 Å². The number of carbonyl (C=O) groups excluding carboxylic acids is 1. The third kappa shape index (κ3) is 4.39. The molecule has 0 unspecified atom stereocenters. The topological polar surface area (TPSA) is 71.2 Å². The van der Waals surface area contributed by atoms with Crippen LogP contribution < -0.4 is 10.2 Å². The van der Waals surface area contributed by atoms with Gasteiger partial charge >= 0.3 is 0 Å². The smallest absolute Gasteiger partial charge is 0.227 e. The Bertz CT molecular complexity index is 754. The molecule has 10 heteroatoms. The van der Waals surface area contributed by atoms with E-state index in [0.29, 0.717) is 0 Å². The van der Waals surface area contributed by atoms with Crippen LogP contribution in [0.25, 0.3) is 0 Å². The van der Waals surface area contributed by atoms with Gasteiger partial charge in [-0.2, -0.15) is 10.2 Å². The monoisotopic (exact) mass is 415 g/mol. The first-order chi connectivity index (χ1) is 12.1. The highest BCUT2D eigenvalue weighted by molar-refractivity contribution is 5.85. The van der Waals surface area contributed by atoms with E-state index in [9.17, 15) is 4.79 Å². The summed E-state index contributed by atoms with van der Waals surface area (Å²) in [7, 11) is 3.84. The van der Waals surface area contributed by atoms with Crippen molar-refractivity contribution < 1.29 is 4.79 Å². The summed E-state index contributed by atoms with van der Waals surface area (Å²) in [6.45, 7) is 4.84. The van der Waals surface area contributed by atoms with Crippen LogP contribution >= 0.6 is 24.8 Å². The van der Waals surface area contributed by atoms with Crippen molar-refractivity contribution >= 4 is 36.4 Å². The van der Waals surface area contributed by atoms with Crippen LogP contribution in [0.5, 0.6) is 0 Å². The van der Waals surface area contributed by atoms with Gasteiger partial charge in [-0.05, 0) is 5.56 Å². The molecule has 0 bridgehead atoms. The van der Waals surface area contributed by atoms with E-state index < -0.39 is 0 Å². The molecule has 27 heavy (non-hydrogen) atoms. The van der Waals surface area contributed by atoms with E-state index in [4.69, 9.17) is 0 Å². The van der Waals surface area contributed by atoms with Gasteiger partial charge < -0.3 is 15.1 Å². The van der Waals surface area contributed by atoms with Crippen LogP contribution in [0, 0.1) is 5.92 Å². The summed E-state index contributed by atoms with van der Waals surface area (Å²) < 4.78 is 3.62. The Balaban J connectivity index is 0.00000131. The molecule has 2 fully saturated rings. The first-order valence-corrected chi connectivity index (χ1v) is 8.83. The zero-order valence-electron chi connectivity index (χ0n) is 15.6. The molecule has 4 rings (SSSR count). The average molecular weight is 416 g/mol. The number of anilines is 1. The standard InChI is InChI=1S/C17H25N7O.2ClH/c1-21-11-13(7-19-21)15-9-18-10-16(15)17(25)24-5-3-23(4-6-24)14-8-20-22(2)12-14;;/h7-8,11-12,15-16,18H,3-6,9-10H2,1-2H3;2*1H/t15-,16+;;/m1../s1. The van der Waals surface area contributed by atoms with E-state index in [1.165, 1.54) is 0 Å².